The van der Waals surface area contributed by atoms with Crippen LogP contribution >= 0.6 is 0 Å². The minimum absolute atomic E-state index is 0.596. The Kier molecular flexibility index (Phi) is 2.83. The molecule has 0 aliphatic rings. The molecule has 96 valence electrons. The van der Waals surface area contributed by atoms with Crippen LogP contribution in [0.1, 0.15) is 0 Å². The summed E-state index contributed by atoms with van der Waals surface area (Å²) in [6.45, 7) is 0. The summed E-state index contributed by atoms with van der Waals surface area (Å²) in [4.78, 5) is 4.48. The first-order valence-corrected chi connectivity index (χ1v) is 6.15. The summed E-state index contributed by atoms with van der Waals surface area (Å²) in [6, 6.07) is 16.4. The zero-order valence-electron chi connectivity index (χ0n) is 10.9. The molecule has 0 unspecified atom stereocenters. The quantitative estimate of drug-likeness (QED) is 0.777. The SMILES string of the molecule is CNc1ccc(Oc2nc3ccccc3n2C)cc1. The number of benzene rings is 2. The maximum absolute atomic E-state index is 5.82. The van der Waals surface area contributed by atoms with Gasteiger partial charge in [-0.1, -0.05) is 12.1 Å². The number of hydrogen-bond donors (Lipinski definition) is 1. The molecule has 1 N–H and O–H groups in total. The van der Waals surface area contributed by atoms with Crippen LogP contribution in [0.3, 0.4) is 0 Å². The van der Waals surface area contributed by atoms with Gasteiger partial charge in [0.05, 0.1) is 11.0 Å². The fourth-order valence-electron chi connectivity index (χ4n) is 2.01. The lowest BCUT2D eigenvalue weighted by atomic mass is 10.3. The average molecular weight is 253 g/mol. The van der Waals surface area contributed by atoms with Crippen LogP contribution in [0.2, 0.25) is 0 Å². The van der Waals surface area contributed by atoms with Crippen LogP contribution in [0.4, 0.5) is 5.69 Å². The zero-order valence-corrected chi connectivity index (χ0v) is 10.9. The summed E-state index contributed by atoms with van der Waals surface area (Å²) >= 11 is 0. The van der Waals surface area contributed by atoms with E-state index in [9.17, 15) is 0 Å². The molecule has 0 bridgehead atoms. The maximum atomic E-state index is 5.82. The minimum Gasteiger partial charge on any atom is -0.425 e. The number of nitrogens with one attached hydrogen (secondary N) is 1. The molecule has 0 fully saturated rings. The van der Waals surface area contributed by atoms with E-state index in [0.29, 0.717) is 6.01 Å². The molecule has 1 aromatic heterocycles. The van der Waals surface area contributed by atoms with E-state index in [2.05, 4.69) is 10.3 Å². The predicted molar refractivity (Wildman–Crippen MR) is 76.8 cm³/mol. The van der Waals surface area contributed by atoms with Crippen molar-refractivity contribution in [3.63, 3.8) is 0 Å². The van der Waals surface area contributed by atoms with Crippen molar-refractivity contribution in [3.05, 3.63) is 48.5 Å². The predicted octanol–water partition coefficient (Wildman–Crippen LogP) is 3.41. The normalized spacial score (nSPS) is 10.6. The highest BCUT2D eigenvalue weighted by atomic mass is 16.5. The van der Waals surface area contributed by atoms with Gasteiger partial charge < -0.3 is 10.1 Å². The lowest BCUT2D eigenvalue weighted by Crippen LogP contribution is -1.94. The van der Waals surface area contributed by atoms with Crippen LogP contribution in [0.15, 0.2) is 48.5 Å². The van der Waals surface area contributed by atoms with E-state index in [0.717, 1.165) is 22.5 Å². The number of aryl methyl sites for hydroxylation is 1. The van der Waals surface area contributed by atoms with E-state index in [1.54, 1.807) is 0 Å². The van der Waals surface area contributed by atoms with E-state index >= 15 is 0 Å². The molecule has 0 amide bonds. The van der Waals surface area contributed by atoms with Crippen molar-refractivity contribution < 1.29 is 4.74 Å². The highest BCUT2D eigenvalue weighted by molar-refractivity contribution is 5.76. The van der Waals surface area contributed by atoms with Crippen LogP contribution in [-0.4, -0.2) is 16.6 Å². The van der Waals surface area contributed by atoms with Gasteiger partial charge in [-0.25, -0.2) is 0 Å². The third kappa shape index (κ3) is 2.12. The van der Waals surface area contributed by atoms with E-state index in [1.165, 1.54) is 0 Å². The fourth-order valence-corrected chi connectivity index (χ4v) is 2.01. The Morgan fingerprint density at radius 1 is 1.05 bits per heavy atom. The number of fused-ring (bicyclic) bond motifs is 1. The van der Waals surface area contributed by atoms with Crippen LogP contribution in [0.25, 0.3) is 11.0 Å². The minimum atomic E-state index is 0.596. The van der Waals surface area contributed by atoms with Gasteiger partial charge in [-0.05, 0) is 36.4 Å². The van der Waals surface area contributed by atoms with Crippen LogP contribution < -0.4 is 10.1 Å². The molecule has 3 aromatic rings. The Morgan fingerprint density at radius 3 is 2.47 bits per heavy atom. The van der Waals surface area contributed by atoms with E-state index in [-0.39, 0.29) is 0 Å². The third-order valence-electron chi connectivity index (χ3n) is 3.10. The number of aromatic nitrogens is 2. The van der Waals surface area contributed by atoms with Crippen molar-refractivity contribution in [2.24, 2.45) is 7.05 Å². The van der Waals surface area contributed by atoms with Gasteiger partial charge >= 0.3 is 6.01 Å². The van der Waals surface area contributed by atoms with Gasteiger partial charge in [0.25, 0.3) is 0 Å². The highest BCUT2D eigenvalue weighted by Gasteiger charge is 2.08. The van der Waals surface area contributed by atoms with E-state index < -0.39 is 0 Å². The number of para-hydroxylation sites is 2. The molecule has 2 aromatic carbocycles. The first kappa shape index (κ1) is 11.6. The molecule has 4 heteroatoms. The zero-order chi connectivity index (χ0) is 13.2. The van der Waals surface area contributed by atoms with Gasteiger partial charge in [-0.15, -0.1) is 0 Å². The van der Waals surface area contributed by atoms with Crippen molar-refractivity contribution in [3.8, 4) is 11.8 Å². The first-order valence-electron chi connectivity index (χ1n) is 6.15. The molecule has 1 heterocycles. The Labute approximate surface area is 111 Å². The van der Waals surface area contributed by atoms with Gasteiger partial charge in [-0.2, -0.15) is 4.98 Å². The number of imidazole rings is 1. The fraction of sp³-hybridized carbons (Fsp3) is 0.133. The molecule has 0 aliphatic heterocycles. The number of ether oxygens (including phenoxy) is 1. The molecule has 0 aliphatic carbocycles. The Hall–Kier alpha value is -2.49. The van der Waals surface area contributed by atoms with Gasteiger partial charge in [0.1, 0.15) is 5.75 Å². The van der Waals surface area contributed by atoms with Gasteiger partial charge in [0.2, 0.25) is 0 Å². The molecule has 3 rings (SSSR count). The standard InChI is InChI=1S/C15H15N3O/c1-16-11-7-9-12(10-8-11)19-15-17-13-5-3-4-6-14(13)18(15)2/h3-10,16H,1-2H3. The maximum Gasteiger partial charge on any atom is 0.302 e. The summed E-state index contributed by atoms with van der Waals surface area (Å²) in [5, 5.41) is 3.07. The van der Waals surface area contributed by atoms with Crippen LogP contribution in [0.5, 0.6) is 11.8 Å². The van der Waals surface area contributed by atoms with E-state index in [4.69, 9.17) is 4.74 Å². The summed E-state index contributed by atoms with van der Waals surface area (Å²) in [6.07, 6.45) is 0. The lowest BCUT2D eigenvalue weighted by Gasteiger charge is -2.06. The Balaban J connectivity index is 1.94. The summed E-state index contributed by atoms with van der Waals surface area (Å²) in [5.74, 6) is 0.775. The highest BCUT2D eigenvalue weighted by Crippen LogP contribution is 2.25. The molecule has 0 radical (unpaired) electrons. The number of nitrogens with zero attached hydrogens (tertiary/aromatic N) is 2. The van der Waals surface area contributed by atoms with Crippen molar-refractivity contribution in [2.45, 2.75) is 0 Å². The van der Waals surface area contributed by atoms with Crippen molar-refractivity contribution in [2.75, 3.05) is 12.4 Å². The summed E-state index contributed by atoms with van der Waals surface area (Å²) < 4.78 is 7.76. The van der Waals surface area contributed by atoms with Crippen molar-refractivity contribution >= 4 is 16.7 Å². The van der Waals surface area contributed by atoms with Crippen LogP contribution in [0, 0.1) is 0 Å². The Bertz CT molecular complexity index is 701. The lowest BCUT2D eigenvalue weighted by molar-refractivity contribution is 0.428. The number of hydrogen-bond acceptors (Lipinski definition) is 3. The molecule has 0 atom stereocenters. The molecule has 0 saturated heterocycles. The Morgan fingerprint density at radius 2 is 1.79 bits per heavy atom. The molecule has 0 spiro atoms. The third-order valence-corrected chi connectivity index (χ3v) is 3.10. The average Bonchev–Trinajstić information content (AvgIpc) is 2.77. The molecule has 0 saturated carbocycles. The van der Waals surface area contributed by atoms with Crippen LogP contribution in [-0.2, 0) is 7.05 Å². The van der Waals surface area contributed by atoms with Crippen molar-refractivity contribution in [1.82, 2.24) is 9.55 Å². The first-order chi connectivity index (χ1) is 9.28. The second-order valence-corrected chi connectivity index (χ2v) is 4.32. The van der Waals surface area contributed by atoms with Gasteiger partial charge in [0, 0.05) is 19.8 Å². The molecular formula is C15H15N3O. The second-order valence-electron chi connectivity index (χ2n) is 4.32. The smallest absolute Gasteiger partial charge is 0.302 e. The summed E-state index contributed by atoms with van der Waals surface area (Å²) in [7, 11) is 3.84. The summed E-state index contributed by atoms with van der Waals surface area (Å²) in [5.41, 5.74) is 3.05. The molecule has 19 heavy (non-hydrogen) atoms. The largest absolute Gasteiger partial charge is 0.425 e. The van der Waals surface area contributed by atoms with Crippen molar-refractivity contribution in [1.29, 1.82) is 0 Å². The monoisotopic (exact) mass is 253 g/mol. The molecular weight excluding hydrogens is 238 g/mol. The van der Waals surface area contributed by atoms with Gasteiger partial charge in [-0.3, -0.25) is 4.57 Å². The van der Waals surface area contributed by atoms with Gasteiger partial charge in [0.15, 0.2) is 0 Å². The second kappa shape index (κ2) is 4.65. The number of anilines is 1. The topological polar surface area (TPSA) is 39.1 Å². The number of rotatable bonds is 3. The molecule has 4 nitrogen and oxygen atoms in total. The van der Waals surface area contributed by atoms with E-state index in [1.807, 2.05) is 67.2 Å².